The third kappa shape index (κ3) is 4.49. The van der Waals surface area contributed by atoms with Crippen LogP contribution < -0.4 is 10.5 Å². The fourth-order valence-electron chi connectivity index (χ4n) is 1.19. The summed E-state index contributed by atoms with van der Waals surface area (Å²) >= 11 is 0. The molecule has 0 radical (unpaired) electrons. The Morgan fingerprint density at radius 1 is 1.25 bits per heavy atom. The summed E-state index contributed by atoms with van der Waals surface area (Å²) in [6, 6.07) is 4.07. The molecular weight excluding hydrogens is 209 g/mol. The molecule has 0 amide bonds. The molecule has 0 fully saturated rings. The van der Waals surface area contributed by atoms with Crippen LogP contribution >= 0.6 is 0 Å². The van der Waals surface area contributed by atoms with Crippen LogP contribution in [0.5, 0.6) is 5.75 Å². The molecule has 0 saturated heterocycles. The topological polar surface area (TPSA) is 44.5 Å². The van der Waals surface area contributed by atoms with Gasteiger partial charge in [0.2, 0.25) is 0 Å². The molecule has 0 spiro atoms. The van der Waals surface area contributed by atoms with Crippen LogP contribution in [-0.2, 0) is 4.74 Å². The van der Waals surface area contributed by atoms with Crippen molar-refractivity contribution >= 4 is 5.69 Å². The lowest BCUT2D eigenvalue weighted by molar-refractivity contribution is 0.0982. The second-order valence-electron chi connectivity index (χ2n) is 3.50. The molecule has 90 valence electrons. The summed E-state index contributed by atoms with van der Waals surface area (Å²) in [6.07, 6.45) is 2.15. The van der Waals surface area contributed by atoms with Gasteiger partial charge in [0.1, 0.15) is 18.2 Å². The smallest absolute Gasteiger partial charge is 0.145 e. The third-order valence-electron chi connectivity index (χ3n) is 2.10. The number of rotatable bonds is 7. The first-order chi connectivity index (χ1) is 7.74. The second-order valence-corrected chi connectivity index (χ2v) is 3.50. The van der Waals surface area contributed by atoms with Crippen molar-refractivity contribution in [1.29, 1.82) is 0 Å². The molecule has 3 nitrogen and oxygen atoms in total. The van der Waals surface area contributed by atoms with E-state index in [2.05, 4.69) is 6.92 Å². The van der Waals surface area contributed by atoms with Gasteiger partial charge < -0.3 is 15.2 Å². The van der Waals surface area contributed by atoms with Gasteiger partial charge in [-0.05, 0) is 18.6 Å². The molecular formula is C12H18FNO2. The number of hydrogen-bond donors (Lipinski definition) is 1. The normalized spacial score (nSPS) is 10.4. The number of ether oxygens (including phenoxy) is 2. The molecule has 0 unspecified atom stereocenters. The van der Waals surface area contributed by atoms with Crippen LogP contribution in [0.15, 0.2) is 18.2 Å². The van der Waals surface area contributed by atoms with Crippen molar-refractivity contribution in [3.8, 4) is 5.75 Å². The molecule has 0 aliphatic heterocycles. The molecule has 2 N–H and O–H groups in total. The number of unbranched alkanes of at least 4 members (excludes halogenated alkanes) is 1. The quantitative estimate of drug-likeness (QED) is 0.575. The van der Waals surface area contributed by atoms with E-state index in [4.69, 9.17) is 15.2 Å². The van der Waals surface area contributed by atoms with E-state index in [-0.39, 0.29) is 5.82 Å². The van der Waals surface area contributed by atoms with Gasteiger partial charge in [0, 0.05) is 12.7 Å². The first-order valence-corrected chi connectivity index (χ1v) is 5.49. The van der Waals surface area contributed by atoms with Crippen molar-refractivity contribution in [2.24, 2.45) is 0 Å². The Morgan fingerprint density at radius 2 is 2.06 bits per heavy atom. The molecule has 0 saturated carbocycles. The Morgan fingerprint density at radius 3 is 2.81 bits per heavy atom. The number of anilines is 1. The first-order valence-electron chi connectivity index (χ1n) is 5.49. The molecule has 0 bridgehead atoms. The maximum atomic E-state index is 12.9. The minimum Gasteiger partial charge on any atom is -0.489 e. The molecule has 0 aromatic heterocycles. The number of hydrogen-bond acceptors (Lipinski definition) is 3. The summed E-state index contributed by atoms with van der Waals surface area (Å²) in [6.45, 7) is 3.72. The lowest BCUT2D eigenvalue weighted by atomic mass is 10.3. The highest BCUT2D eigenvalue weighted by molar-refractivity contribution is 5.52. The monoisotopic (exact) mass is 227 g/mol. The van der Waals surface area contributed by atoms with Gasteiger partial charge in [-0.1, -0.05) is 13.3 Å². The lowest BCUT2D eigenvalue weighted by Gasteiger charge is -2.09. The predicted octanol–water partition coefficient (Wildman–Crippen LogP) is 2.60. The molecule has 16 heavy (non-hydrogen) atoms. The molecule has 0 aliphatic carbocycles. The van der Waals surface area contributed by atoms with Crippen LogP contribution in [0.25, 0.3) is 0 Å². The average Bonchev–Trinajstić information content (AvgIpc) is 2.28. The van der Waals surface area contributed by atoms with Crippen molar-refractivity contribution in [1.82, 2.24) is 0 Å². The highest BCUT2D eigenvalue weighted by Crippen LogP contribution is 2.21. The molecule has 0 aliphatic rings. The van der Waals surface area contributed by atoms with Crippen molar-refractivity contribution in [2.45, 2.75) is 19.8 Å². The highest BCUT2D eigenvalue weighted by atomic mass is 19.1. The third-order valence-corrected chi connectivity index (χ3v) is 2.10. The van der Waals surface area contributed by atoms with Gasteiger partial charge in [-0.25, -0.2) is 4.39 Å². The molecule has 1 aromatic rings. The summed E-state index contributed by atoms with van der Waals surface area (Å²) < 4.78 is 23.5. The van der Waals surface area contributed by atoms with Crippen LogP contribution in [0.2, 0.25) is 0 Å². The maximum Gasteiger partial charge on any atom is 0.145 e. The van der Waals surface area contributed by atoms with E-state index in [1.54, 1.807) is 0 Å². The fourth-order valence-corrected chi connectivity index (χ4v) is 1.19. The van der Waals surface area contributed by atoms with Gasteiger partial charge >= 0.3 is 0 Å². The summed E-state index contributed by atoms with van der Waals surface area (Å²) in [5.41, 5.74) is 6.06. The summed E-state index contributed by atoms with van der Waals surface area (Å²) in [4.78, 5) is 0. The van der Waals surface area contributed by atoms with Crippen molar-refractivity contribution < 1.29 is 13.9 Å². The molecule has 0 atom stereocenters. The van der Waals surface area contributed by atoms with Crippen molar-refractivity contribution in [2.75, 3.05) is 25.6 Å². The number of nitrogen functional groups attached to an aromatic ring is 1. The largest absolute Gasteiger partial charge is 0.489 e. The SMILES string of the molecule is CCCCOCCOc1cc(F)ccc1N. The van der Waals surface area contributed by atoms with Gasteiger partial charge in [0.25, 0.3) is 0 Å². The fraction of sp³-hybridized carbons (Fsp3) is 0.500. The Hall–Kier alpha value is -1.29. The van der Waals surface area contributed by atoms with E-state index in [1.807, 2.05) is 0 Å². The maximum absolute atomic E-state index is 12.9. The zero-order valence-corrected chi connectivity index (χ0v) is 9.54. The first kappa shape index (κ1) is 12.8. The Bertz CT molecular complexity index is 318. The van der Waals surface area contributed by atoms with E-state index >= 15 is 0 Å². The standard InChI is InChI=1S/C12H18FNO2/c1-2-3-6-15-7-8-16-12-9-10(13)4-5-11(12)14/h4-5,9H,2-3,6-8,14H2,1H3. The lowest BCUT2D eigenvalue weighted by Crippen LogP contribution is -2.08. The highest BCUT2D eigenvalue weighted by Gasteiger charge is 2.01. The van der Waals surface area contributed by atoms with Gasteiger partial charge in [-0.3, -0.25) is 0 Å². The summed E-state index contributed by atoms with van der Waals surface area (Å²) in [5, 5.41) is 0. The zero-order chi connectivity index (χ0) is 11.8. The van der Waals surface area contributed by atoms with Gasteiger partial charge in [0.15, 0.2) is 0 Å². The van der Waals surface area contributed by atoms with Gasteiger partial charge in [-0.15, -0.1) is 0 Å². The van der Waals surface area contributed by atoms with Crippen molar-refractivity contribution in [3.63, 3.8) is 0 Å². The van der Waals surface area contributed by atoms with Crippen LogP contribution in [-0.4, -0.2) is 19.8 Å². The summed E-state index contributed by atoms with van der Waals surface area (Å²) in [5.74, 6) is 0.0233. The number of nitrogens with two attached hydrogens (primary N) is 1. The van der Waals surface area contributed by atoms with Crippen molar-refractivity contribution in [3.05, 3.63) is 24.0 Å². The minimum atomic E-state index is -0.351. The minimum absolute atomic E-state index is 0.351. The Kier molecular flexibility index (Phi) is 5.64. The second kappa shape index (κ2) is 7.06. The van der Waals surface area contributed by atoms with Crippen LogP contribution in [0.4, 0.5) is 10.1 Å². The Labute approximate surface area is 95.4 Å². The zero-order valence-electron chi connectivity index (χ0n) is 9.54. The van der Waals surface area contributed by atoms with Crippen LogP contribution in [0, 0.1) is 5.82 Å². The summed E-state index contributed by atoms with van der Waals surface area (Å²) in [7, 11) is 0. The van der Waals surface area contributed by atoms with E-state index in [0.717, 1.165) is 19.4 Å². The average molecular weight is 227 g/mol. The molecule has 0 heterocycles. The molecule has 4 heteroatoms. The van der Waals surface area contributed by atoms with E-state index < -0.39 is 0 Å². The number of halogens is 1. The molecule has 1 rings (SSSR count). The van der Waals surface area contributed by atoms with Gasteiger partial charge in [-0.2, -0.15) is 0 Å². The van der Waals surface area contributed by atoms with Crippen LogP contribution in [0.3, 0.4) is 0 Å². The van der Waals surface area contributed by atoms with Crippen LogP contribution in [0.1, 0.15) is 19.8 Å². The predicted molar refractivity (Wildman–Crippen MR) is 62.0 cm³/mol. The van der Waals surface area contributed by atoms with E-state index in [1.165, 1.54) is 18.2 Å². The Balaban J connectivity index is 2.23. The number of benzene rings is 1. The van der Waals surface area contributed by atoms with Gasteiger partial charge in [0.05, 0.1) is 12.3 Å². The molecule has 1 aromatic carbocycles. The van der Waals surface area contributed by atoms with E-state index in [9.17, 15) is 4.39 Å². The van der Waals surface area contributed by atoms with E-state index in [0.29, 0.717) is 24.7 Å².